The van der Waals surface area contributed by atoms with Gasteiger partial charge in [-0.25, -0.2) is 9.69 Å². The van der Waals surface area contributed by atoms with Gasteiger partial charge >= 0.3 is 12.1 Å². The maximum atomic E-state index is 15.1. The minimum atomic E-state index is -2.57. The first-order valence-electron chi connectivity index (χ1n) is 24.1. The number of benzene rings is 2. The smallest absolute Gasteiger partial charge is 0.416 e. The number of ether oxygens (including phenoxy) is 2. The number of hydrogen-bond acceptors (Lipinski definition) is 9. The van der Waals surface area contributed by atoms with Gasteiger partial charge in [0, 0.05) is 19.0 Å². The van der Waals surface area contributed by atoms with E-state index in [2.05, 4.69) is 87.3 Å². The van der Waals surface area contributed by atoms with Crippen molar-refractivity contribution in [3.8, 4) is 5.75 Å². The molecule has 2 aromatic rings. The Morgan fingerprint density at radius 2 is 1.50 bits per heavy atom. The Morgan fingerprint density at radius 3 is 2.03 bits per heavy atom. The van der Waals surface area contributed by atoms with Crippen molar-refractivity contribution < 1.29 is 42.3 Å². The third-order valence-corrected chi connectivity index (χ3v) is 25.5. The summed E-state index contributed by atoms with van der Waals surface area (Å²) in [7, 11) is -5.03. The Labute approximate surface area is 397 Å². The predicted octanol–water partition coefficient (Wildman–Crippen LogP) is 11.1. The highest BCUT2D eigenvalue weighted by molar-refractivity contribution is 6.78. The standard InChI is InChI=1S/C52H79N3O9Si2/c1-17-24-61-46(57)27-40(32(2)3)47(58)53-37(11)44(56)26-38-18-20-39(21-19-38)30-62-50(60)55-42-28-45(63-66(33(4)5,34(6)7)35(8)9)36(10)25-41(42)48(59)54-31-52(22-23-52)29-43(54)49(55)64-65(15,16)51(12,13)14/h17-21,25,28,32-35,37,40,43,49H,1,22-24,26-27,29-31H2,2-16H3,(H,53,58)/t37-,40+,43-,49?/m0/s1. The van der Waals surface area contributed by atoms with Crippen LogP contribution in [0.4, 0.5) is 10.5 Å². The summed E-state index contributed by atoms with van der Waals surface area (Å²) in [4.78, 5) is 72.3. The quantitative estimate of drug-likeness (QED) is 0.0828. The Hall–Kier alpha value is -4.28. The van der Waals surface area contributed by atoms with Gasteiger partial charge in [0.25, 0.3) is 14.2 Å². The Kier molecular flexibility index (Phi) is 16.4. The van der Waals surface area contributed by atoms with Crippen LogP contribution >= 0.6 is 0 Å². The number of rotatable bonds is 19. The Bertz CT molecular complexity index is 2100. The van der Waals surface area contributed by atoms with E-state index in [1.165, 1.54) is 6.08 Å². The molecule has 2 fully saturated rings. The summed E-state index contributed by atoms with van der Waals surface area (Å²) in [5, 5.41) is 2.61. The lowest BCUT2D eigenvalue weighted by Gasteiger charge is -2.44. The van der Waals surface area contributed by atoms with Gasteiger partial charge < -0.3 is 28.5 Å². The molecule has 0 radical (unpaired) electrons. The highest BCUT2D eigenvalue weighted by Gasteiger charge is 2.60. The zero-order valence-electron chi connectivity index (χ0n) is 42.6. The van der Waals surface area contributed by atoms with Gasteiger partial charge in [0.2, 0.25) is 5.91 Å². The van der Waals surface area contributed by atoms with Crippen LogP contribution in [0.5, 0.6) is 5.75 Å². The van der Waals surface area contributed by atoms with Crippen LogP contribution in [-0.2, 0) is 41.3 Å². The summed E-state index contributed by atoms with van der Waals surface area (Å²) in [6, 6.07) is 9.95. The van der Waals surface area contributed by atoms with Gasteiger partial charge in [-0.2, -0.15) is 0 Å². The van der Waals surface area contributed by atoms with Crippen LogP contribution in [-0.4, -0.2) is 82.7 Å². The second-order valence-electron chi connectivity index (χ2n) is 22.2. The number of carbonyl (C=O) groups is 5. The second-order valence-corrected chi connectivity index (χ2v) is 32.3. The third-order valence-electron chi connectivity index (χ3n) is 15.0. The first kappa shape index (κ1) is 52.7. The Balaban J connectivity index is 1.44. The van der Waals surface area contributed by atoms with E-state index < -0.39 is 46.9 Å². The van der Waals surface area contributed by atoms with Gasteiger partial charge in [-0.05, 0) is 102 Å². The molecule has 0 aromatic heterocycles. The summed E-state index contributed by atoms with van der Waals surface area (Å²) in [6.45, 7) is 35.9. The number of hydrogen-bond donors (Lipinski definition) is 1. The Morgan fingerprint density at radius 1 is 0.909 bits per heavy atom. The van der Waals surface area contributed by atoms with Crippen molar-refractivity contribution in [2.75, 3.05) is 18.1 Å². The van der Waals surface area contributed by atoms with Gasteiger partial charge in [-0.3, -0.25) is 19.2 Å². The van der Waals surface area contributed by atoms with E-state index >= 15 is 4.79 Å². The van der Waals surface area contributed by atoms with Crippen LogP contribution in [0.15, 0.2) is 49.1 Å². The van der Waals surface area contributed by atoms with Crippen LogP contribution in [0, 0.1) is 24.2 Å². The lowest BCUT2D eigenvalue weighted by atomic mass is 9.91. The largest absolute Gasteiger partial charge is 0.542 e. The average Bonchev–Trinajstić information content (AvgIpc) is 3.89. The zero-order chi connectivity index (χ0) is 49.3. The van der Waals surface area contributed by atoms with Crippen molar-refractivity contribution in [2.24, 2.45) is 17.3 Å². The fraction of sp³-hybridized carbons (Fsp3) is 0.635. The number of nitrogens with one attached hydrogen (secondary N) is 1. The molecule has 3 amide bonds. The van der Waals surface area contributed by atoms with Gasteiger partial charge in [-0.1, -0.05) is 113 Å². The van der Waals surface area contributed by atoms with Gasteiger partial charge in [0.1, 0.15) is 19.0 Å². The van der Waals surface area contributed by atoms with Gasteiger partial charge in [0.15, 0.2) is 20.3 Å². The van der Waals surface area contributed by atoms with E-state index in [1.807, 2.05) is 62.1 Å². The van der Waals surface area contributed by atoms with Crippen LogP contribution in [0.2, 0.25) is 34.8 Å². The number of Topliss-reactive ketones (excluding diaryl/α,β-unsaturated/α-hetero) is 1. The SMILES string of the molecule is C=CCOC(=O)C[C@@H](C(=O)N[C@@H](C)C(=O)Cc1ccc(COC(=O)N2c3cc(O[Si](C(C)C)(C(C)C)C(C)C)c(C)cc3C(=O)N3CC4(CC4)C[C@H]3C2O[Si](C)(C)C(C)(C)C)cc1)C(C)C. The number of ketones is 1. The molecule has 2 heterocycles. The number of fused-ring (bicyclic) bond motifs is 2. The van der Waals surface area contributed by atoms with Crippen molar-refractivity contribution in [1.82, 2.24) is 10.2 Å². The van der Waals surface area contributed by atoms with Crippen LogP contribution in [0.1, 0.15) is 136 Å². The summed E-state index contributed by atoms with van der Waals surface area (Å²) in [5.41, 5.74) is 4.11. The normalized spacial score (nSPS) is 19.1. The molecule has 1 saturated carbocycles. The number of anilines is 1. The highest BCUT2D eigenvalue weighted by Crippen LogP contribution is 2.58. The van der Waals surface area contributed by atoms with Crippen LogP contribution < -0.4 is 14.6 Å². The molecule has 2 aromatic carbocycles. The molecule has 3 aliphatic rings. The van der Waals surface area contributed by atoms with Crippen molar-refractivity contribution in [2.45, 2.75) is 182 Å². The molecule has 1 N–H and O–H groups in total. The lowest BCUT2D eigenvalue weighted by molar-refractivity contribution is -0.146. The number of nitrogens with zero attached hydrogens (tertiary/aromatic N) is 2. The predicted molar refractivity (Wildman–Crippen MR) is 266 cm³/mol. The second kappa shape index (κ2) is 20.5. The van der Waals surface area contributed by atoms with Crippen LogP contribution in [0.3, 0.4) is 0 Å². The molecule has 2 aliphatic heterocycles. The van der Waals surface area contributed by atoms with E-state index in [0.717, 1.165) is 30.4 Å². The van der Waals surface area contributed by atoms with E-state index in [0.29, 0.717) is 45.7 Å². The summed E-state index contributed by atoms with van der Waals surface area (Å²) >= 11 is 0. The van der Waals surface area contributed by atoms with Gasteiger partial charge in [0.05, 0.1) is 35.7 Å². The average molecular weight is 946 g/mol. The fourth-order valence-electron chi connectivity index (χ4n) is 9.84. The summed E-state index contributed by atoms with van der Waals surface area (Å²) < 4.78 is 26.0. The summed E-state index contributed by atoms with van der Waals surface area (Å²) in [5.74, 6) is -1.29. The molecular formula is C52H79N3O9Si2. The molecule has 1 aliphatic carbocycles. The van der Waals surface area contributed by atoms with E-state index in [1.54, 1.807) is 11.8 Å². The van der Waals surface area contributed by atoms with E-state index in [-0.39, 0.29) is 66.1 Å². The molecule has 1 spiro atoms. The highest BCUT2D eigenvalue weighted by atomic mass is 28.4. The topological polar surface area (TPSA) is 141 Å². The first-order chi connectivity index (χ1) is 30.7. The molecule has 14 heteroatoms. The maximum absolute atomic E-state index is 15.1. The van der Waals surface area contributed by atoms with Crippen molar-refractivity contribution in [3.63, 3.8) is 0 Å². The van der Waals surface area contributed by atoms with Crippen LogP contribution in [0.25, 0.3) is 0 Å². The monoisotopic (exact) mass is 946 g/mol. The molecule has 5 rings (SSSR count). The van der Waals surface area contributed by atoms with E-state index in [9.17, 15) is 19.2 Å². The fourth-order valence-corrected chi connectivity index (χ4v) is 16.4. The zero-order valence-corrected chi connectivity index (χ0v) is 44.6. The van der Waals surface area contributed by atoms with Crippen molar-refractivity contribution in [1.29, 1.82) is 0 Å². The minimum Gasteiger partial charge on any atom is -0.542 e. The molecule has 12 nitrogen and oxygen atoms in total. The van der Waals surface area contributed by atoms with E-state index in [4.69, 9.17) is 18.3 Å². The molecule has 4 atom stereocenters. The number of carbonyl (C=O) groups excluding carboxylic acids is 5. The van der Waals surface area contributed by atoms with Crippen molar-refractivity contribution >= 4 is 52.0 Å². The molecule has 1 saturated heterocycles. The maximum Gasteiger partial charge on any atom is 0.416 e. The minimum absolute atomic E-state index is 0.0294. The number of amides is 3. The molecule has 0 bridgehead atoms. The molecule has 66 heavy (non-hydrogen) atoms. The molecule has 1 unspecified atom stereocenters. The third kappa shape index (κ3) is 11.3. The number of esters is 1. The molecule has 364 valence electrons. The lowest BCUT2D eigenvalue weighted by Crippen LogP contribution is -2.58. The van der Waals surface area contributed by atoms with Crippen molar-refractivity contribution in [3.05, 3.63) is 71.3 Å². The molecular weight excluding hydrogens is 867 g/mol. The first-order valence-corrected chi connectivity index (χ1v) is 29.2. The summed E-state index contributed by atoms with van der Waals surface area (Å²) in [6.07, 6.45) is 2.86. The number of aryl methyl sites for hydroxylation is 1. The van der Waals surface area contributed by atoms with Gasteiger partial charge in [-0.15, -0.1) is 0 Å².